The van der Waals surface area contributed by atoms with Gasteiger partial charge in [-0.3, -0.25) is 0 Å². The zero-order valence-electron chi connectivity index (χ0n) is 13.4. The Morgan fingerprint density at radius 3 is 2.46 bits per heavy atom. The van der Waals surface area contributed by atoms with Crippen molar-refractivity contribution in [2.45, 2.75) is 6.92 Å². The van der Waals surface area contributed by atoms with Gasteiger partial charge in [-0.25, -0.2) is 9.59 Å². The topological polar surface area (TPSA) is 85.9 Å². The number of carbonyl (C=O) groups is 2. The number of benzene rings is 2. The number of rotatable bonds is 5. The maximum atomic E-state index is 12.1. The first-order valence-electron chi connectivity index (χ1n) is 7.28. The van der Waals surface area contributed by atoms with Crippen molar-refractivity contribution in [2.24, 2.45) is 0 Å². The Labute approximate surface area is 139 Å². The summed E-state index contributed by atoms with van der Waals surface area (Å²) in [5, 5.41) is 5.29. The predicted octanol–water partition coefficient (Wildman–Crippen LogP) is 3.87. The normalized spacial score (nSPS) is 9.75. The first-order valence-corrected chi connectivity index (χ1v) is 7.28. The molecule has 2 aromatic carbocycles. The lowest BCUT2D eigenvalue weighted by Crippen LogP contribution is -2.20. The van der Waals surface area contributed by atoms with Gasteiger partial charge in [-0.2, -0.15) is 0 Å². The van der Waals surface area contributed by atoms with E-state index in [1.165, 1.54) is 13.2 Å². The molecular weight excluding hydrogens is 312 g/mol. The number of anilines is 2. The molecule has 0 radical (unpaired) electrons. The van der Waals surface area contributed by atoms with Gasteiger partial charge in [-0.15, -0.1) is 0 Å². The Hall–Kier alpha value is -3.22. The quantitative estimate of drug-likeness (QED) is 0.642. The van der Waals surface area contributed by atoms with Gasteiger partial charge in [-0.1, -0.05) is 18.2 Å². The third-order valence-electron chi connectivity index (χ3n) is 2.92. The van der Waals surface area contributed by atoms with Crippen LogP contribution in [0.25, 0.3) is 0 Å². The second-order valence-electron chi connectivity index (χ2n) is 4.59. The molecule has 0 saturated carbocycles. The summed E-state index contributed by atoms with van der Waals surface area (Å²) < 4.78 is 14.9. The highest BCUT2D eigenvalue weighted by Gasteiger charge is 2.14. The number of amides is 2. The zero-order valence-corrected chi connectivity index (χ0v) is 13.4. The minimum atomic E-state index is -0.853. The van der Waals surface area contributed by atoms with E-state index in [-0.39, 0.29) is 18.0 Å². The number of carbonyl (C=O) groups excluding carboxylic acids is 2. The molecule has 0 aliphatic carbocycles. The average molecular weight is 330 g/mol. The molecule has 0 atom stereocenters. The third-order valence-corrected chi connectivity index (χ3v) is 2.92. The molecule has 24 heavy (non-hydrogen) atoms. The van der Waals surface area contributed by atoms with Gasteiger partial charge >= 0.3 is 12.2 Å². The average Bonchev–Trinajstić information content (AvgIpc) is 2.57. The smallest absolute Gasteiger partial charge is 0.497 e. The van der Waals surface area contributed by atoms with Gasteiger partial charge < -0.3 is 24.8 Å². The van der Waals surface area contributed by atoms with Crippen LogP contribution in [-0.4, -0.2) is 25.9 Å². The van der Waals surface area contributed by atoms with Crippen LogP contribution in [0.5, 0.6) is 11.5 Å². The van der Waals surface area contributed by atoms with E-state index in [1.807, 2.05) is 6.07 Å². The maximum absolute atomic E-state index is 12.1. The van der Waals surface area contributed by atoms with E-state index in [0.717, 1.165) is 0 Å². The Bertz CT molecular complexity index is 703. The molecule has 0 aliphatic rings. The summed E-state index contributed by atoms with van der Waals surface area (Å²) in [6.45, 7) is 1.86. The van der Waals surface area contributed by atoms with E-state index in [1.54, 1.807) is 43.3 Å². The van der Waals surface area contributed by atoms with E-state index in [2.05, 4.69) is 10.6 Å². The molecular formula is C17H18N2O5. The van der Waals surface area contributed by atoms with Crippen LogP contribution < -0.4 is 20.1 Å². The summed E-state index contributed by atoms with van der Waals surface area (Å²) in [4.78, 5) is 23.6. The van der Waals surface area contributed by atoms with Crippen molar-refractivity contribution < 1.29 is 23.8 Å². The number of methoxy groups -OCH3 is 1. The van der Waals surface area contributed by atoms with Gasteiger partial charge in [0.15, 0.2) is 5.75 Å². The highest BCUT2D eigenvalue weighted by molar-refractivity contribution is 6.01. The number of hydrogen-bond donors (Lipinski definition) is 2. The van der Waals surface area contributed by atoms with E-state index in [0.29, 0.717) is 11.4 Å². The number of ether oxygens (including phenoxy) is 3. The summed E-state index contributed by atoms with van der Waals surface area (Å²) in [5.41, 5.74) is 0.904. The molecule has 0 fully saturated rings. The summed E-state index contributed by atoms with van der Waals surface area (Å²) in [6, 6.07) is 13.1. The Morgan fingerprint density at radius 2 is 1.79 bits per heavy atom. The van der Waals surface area contributed by atoms with E-state index < -0.39 is 12.2 Å². The molecule has 0 unspecified atom stereocenters. The van der Waals surface area contributed by atoms with Crippen molar-refractivity contribution >= 4 is 23.6 Å². The number of hydrogen-bond acceptors (Lipinski definition) is 5. The molecule has 7 nitrogen and oxygen atoms in total. The predicted molar refractivity (Wildman–Crippen MR) is 89.7 cm³/mol. The lowest BCUT2D eigenvalue weighted by atomic mass is 10.2. The molecule has 7 heteroatoms. The van der Waals surface area contributed by atoms with Crippen LogP contribution in [0.4, 0.5) is 21.0 Å². The van der Waals surface area contributed by atoms with E-state index in [4.69, 9.17) is 14.2 Å². The van der Waals surface area contributed by atoms with E-state index in [9.17, 15) is 9.59 Å². The van der Waals surface area contributed by atoms with Crippen LogP contribution >= 0.6 is 0 Å². The summed E-state index contributed by atoms with van der Waals surface area (Å²) in [6.07, 6.45) is -0.853. The lowest BCUT2D eigenvalue weighted by Gasteiger charge is -2.13. The van der Waals surface area contributed by atoms with Gasteiger partial charge in [0.05, 0.1) is 19.4 Å². The van der Waals surface area contributed by atoms with Gasteiger partial charge in [0.2, 0.25) is 0 Å². The van der Waals surface area contributed by atoms with Crippen molar-refractivity contribution in [3.05, 3.63) is 48.5 Å². The van der Waals surface area contributed by atoms with Gasteiger partial charge in [-0.05, 0) is 31.2 Å². The van der Waals surface area contributed by atoms with Gasteiger partial charge in [0, 0.05) is 11.8 Å². The van der Waals surface area contributed by atoms with Crippen molar-refractivity contribution in [3.8, 4) is 11.5 Å². The minimum Gasteiger partial charge on any atom is -0.497 e. The molecule has 0 heterocycles. The van der Waals surface area contributed by atoms with Crippen LogP contribution in [0.3, 0.4) is 0 Å². The molecule has 2 amide bonds. The first-order chi connectivity index (χ1) is 11.6. The highest BCUT2D eigenvalue weighted by atomic mass is 16.7. The van der Waals surface area contributed by atoms with E-state index >= 15 is 0 Å². The fourth-order valence-corrected chi connectivity index (χ4v) is 1.87. The van der Waals surface area contributed by atoms with Crippen LogP contribution in [0.2, 0.25) is 0 Å². The molecule has 0 saturated heterocycles. The van der Waals surface area contributed by atoms with Crippen LogP contribution in [-0.2, 0) is 4.74 Å². The largest absolute Gasteiger partial charge is 0.513 e. The number of nitrogens with one attached hydrogen (secondary N) is 2. The Kier molecular flexibility index (Phi) is 6.01. The number of para-hydroxylation sites is 1. The SMILES string of the molecule is CCOC(=O)Oc1ccc(OC)cc1NC(=O)Nc1ccccc1. The number of urea groups is 1. The molecule has 0 bridgehead atoms. The maximum Gasteiger partial charge on any atom is 0.513 e. The van der Waals surface area contributed by atoms with Crippen molar-refractivity contribution in [2.75, 3.05) is 24.4 Å². The second-order valence-corrected chi connectivity index (χ2v) is 4.59. The third kappa shape index (κ3) is 4.91. The molecule has 2 rings (SSSR count). The van der Waals surface area contributed by atoms with Crippen LogP contribution in [0.1, 0.15) is 6.92 Å². The van der Waals surface area contributed by atoms with Crippen molar-refractivity contribution in [3.63, 3.8) is 0 Å². The zero-order chi connectivity index (χ0) is 17.4. The Morgan fingerprint density at radius 1 is 1.04 bits per heavy atom. The fourth-order valence-electron chi connectivity index (χ4n) is 1.87. The fraction of sp³-hybridized carbons (Fsp3) is 0.176. The lowest BCUT2D eigenvalue weighted by molar-refractivity contribution is 0.104. The van der Waals surface area contributed by atoms with Crippen LogP contribution in [0.15, 0.2) is 48.5 Å². The molecule has 2 aromatic rings. The summed E-state index contributed by atoms with van der Waals surface area (Å²) in [5.74, 6) is 0.652. The Balaban J connectivity index is 2.13. The highest BCUT2D eigenvalue weighted by Crippen LogP contribution is 2.29. The van der Waals surface area contributed by atoms with Gasteiger partial charge in [0.25, 0.3) is 0 Å². The summed E-state index contributed by atoms with van der Waals surface area (Å²) in [7, 11) is 1.50. The standard InChI is InChI=1S/C17H18N2O5/c1-3-23-17(21)24-15-10-9-13(22-2)11-14(15)19-16(20)18-12-7-5-4-6-8-12/h4-11H,3H2,1-2H3,(H2,18,19,20). The molecule has 2 N–H and O–H groups in total. The molecule has 0 aliphatic heterocycles. The minimum absolute atomic E-state index is 0.150. The van der Waals surface area contributed by atoms with Crippen molar-refractivity contribution in [1.82, 2.24) is 0 Å². The second kappa shape index (κ2) is 8.42. The van der Waals surface area contributed by atoms with Crippen molar-refractivity contribution in [1.29, 1.82) is 0 Å². The molecule has 0 spiro atoms. The monoisotopic (exact) mass is 330 g/mol. The summed E-state index contributed by atoms with van der Waals surface area (Å²) >= 11 is 0. The first kappa shape index (κ1) is 17.1. The van der Waals surface area contributed by atoms with Crippen LogP contribution in [0, 0.1) is 0 Å². The molecule has 0 aromatic heterocycles. The molecule has 126 valence electrons. The van der Waals surface area contributed by atoms with Gasteiger partial charge in [0.1, 0.15) is 5.75 Å².